The van der Waals surface area contributed by atoms with E-state index in [4.69, 9.17) is 16.6 Å². The van der Waals surface area contributed by atoms with Gasteiger partial charge in [-0.1, -0.05) is 0 Å². The molecule has 0 bridgehead atoms. The summed E-state index contributed by atoms with van der Waals surface area (Å²) >= 11 is 1.34. The van der Waals surface area contributed by atoms with Gasteiger partial charge in [-0.25, -0.2) is 4.79 Å². The van der Waals surface area contributed by atoms with Crippen molar-refractivity contribution in [2.75, 3.05) is 18.6 Å². The average Bonchev–Trinajstić information content (AvgIpc) is 2.70. The first-order valence-electron chi connectivity index (χ1n) is 9.42. The quantitative estimate of drug-likeness (QED) is 0.107. The lowest BCUT2D eigenvalue weighted by Crippen LogP contribution is -2.58. The van der Waals surface area contributed by atoms with Crippen LogP contribution in [0.3, 0.4) is 0 Å². The Labute approximate surface area is 187 Å². The van der Waals surface area contributed by atoms with Crippen LogP contribution in [0.1, 0.15) is 25.7 Å². The molecule has 0 heterocycles. The summed E-state index contributed by atoms with van der Waals surface area (Å²) in [5.41, 5.74) is 10.4. The van der Waals surface area contributed by atoms with E-state index in [0.29, 0.717) is 5.75 Å². The third-order valence-corrected chi connectivity index (χ3v) is 4.72. The van der Waals surface area contributed by atoms with Crippen LogP contribution >= 0.6 is 11.8 Å². The molecule has 0 aliphatic heterocycles. The smallest absolute Gasteiger partial charge is 0.326 e. The van der Waals surface area contributed by atoms with Crippen molar-refractivity contribution >= 4 is 47.3 Å². The van der Waals surface area contributed by atoms with E-state index in [2.05, 4.69) is 16.0 Å². The minimum Gasteiger partial charge on any atom is -0.481 e. The number of carbonyl (C=O) groups excluding carboxylic acids is 4. The van der Waals surface area contributed by atoms with Gasteiger partial charge >= 0.3 is 11.9 Å². The van der Waals surface area contributed by atoms with Crippen molar-refractivity contribution in [3.63, 3.8) is 0 Å². The predicted molar refractivity (Wildman–Crippen MR) is 112 cm³/mol. The molecule has 4 atom stereocenters. The van der Waals surface area contributed by atoms with Gasteiger partial charge in [0.2, 0.25) is 23.6 Å². The van der Waals surface area contributed by atoms with E-state index in [1.165, 1.54) is 11.8 Å². The maximum atomic E-state index is 12.5. The number of nitrogens with two attached hydrogens (primary N) is 2. The fourth-order valence-corrected chi connectivity index (χ4v) is 2.83. The van der Waals surface area contributed by atoms with Gasteiger partial charge in [-0.15, -0.1) is 0 Å². The Morgan fingerprint density at radius 1 is 0.875 bits per heavy atom. The van der Waals surface area contributed by atoms with Crippen molar-refractivity contribution in [1.82, 2.24) is 16.0 Å². The zero-order valence-electron chi connectivity index (χ0n) is 17.4. The third-order valence-electron chi connectivity index (χ3n) is 4.08. The molecule has 10 N–H and O–H groups in total. The molecule has 0 aromatic rings. The first-order valence-corrected chi connectivity index (χ1v) is 10.8. The summed E-state index contributed by atoms with van der Waals surface area (Å²) in [6.45, 7) is -0.853. The fraction of sp³-hybridized carbons (Fsp3) is 0.647. The highest BCUT2D eigenvalue weighted by molar-refractivity contribution is 7.98. The summed E-state index contributed by atoms with van der Waals surface area (Å²) in [7, 11) is 0. The van der Waals surface area contributed by atoms with Crippen LogP contribution < -0.4 is 27.4 Å². The molecule has 0 aliphatic carbocycles. The van der Waals surface area contributed by atoms with E-state index in [0.717, 1.165) is 0 Å². The van der Waals surface area contributed by atoms with E-state index in [-0.39, 0.29) is 12.8 Å². The van der Waals surface area contributed by atoms with Gasteiger partial charge in [-0.3, -0.25) is 24.0 Å². The Morgan fingerprint density at radius 3 is 1.88 bits per heavy atom. The molecule has 0 aliphatic rings. The number of rotatable bonds is 16. The second-order valence-electron chi connectivity index (χ2n) is 6.70. The molecule has 0 rings (SSSR count). The number of primary amides is 1. The van der Waals surface area contributed by atoms with E-state index >= 15 is 0 Å². The molecule has 4 amide bonds. The fourth-order valence-electron chi connectivity index (χ4n) is 2.36. The Hall–Kier alpha value is -2.91. The lowest BCUT2D eigenvalue weighted by molar-refractivity contribution is -0.143. The SMILES string of the molecule is CSCCC(NC(=O)C(CO)NC(=O)C(N)CC(N)=O)C(=O)NC(CCC(=O)O)C(=O)O. The van der Waals surface area contributed by atoms with Gasteiger partial charge in [0.05, 0.1) is 19.1 Å². The van der Waals surface area contributed by atoms with Crippen LogP contribution in [0.4, 0.5) is 0 Å². The van der Waals surface area contributed by atoms with Crippen LogP contribution in [-0.2, 0) is 28.8 Å². The van der Waals surface area contributed by atoms with Crippen LogP contribution in [0.2, 0.25) is 0 Å². The van der Waals surface area contributed by atoms with E-state index < -0.39 is 79.2 Å². The molecule has 14 nitrogen and oxygen atoms in total. The summed E-state index contributed by atoms with van der Waals surface area (Å²) in [6.07, 6.45) is 0.463. The van der Waals surface area contributed by atoms with Crippen molar-refractivity contribution < 1.29 is 44.1 Å². The van der Waals surface area contributed by atoms with Gasteiger partial charge in [0.15, 0.2) is 0 Å². The van der Waals surface area contributed by atoms with Crippen molar-refractivity contribution in [3.8, 4) is 0 Å². The summed E-state index contributed by atoms with van der Waals surface area (Å²) in [6, 6.07) is -5.58. The van der Waals surface area contributed by atoms with Crippen molar-refractivity contribution in [2.24, 2.45) is 11.5 Å². The van der Waals surface area contributed by atoms with Gasteiger partial charge in [-0.2, -0.15) is 11.8 Å². The molecule has 0 saturated heterocycles. The standard InChI is InChI=1S/C17H29N5O9S/c1-32-5-4-9(15(28)21-10(17(30)31)2-3-13(25)26)20-16(29)11(7-23)22-14(27)8(18)6-12(19)24/h8-11,23H,2-7,18H2,1H3,(H2,19,24)(H,20,29)(H,21,28)(H,22,27)(H,25,26)(H,30,31). The number of hydrogen-bond acceptors (Lipinski definition) is 9. The molecule has 0 saturated carbocycles. The number of nitrogens with one attached hydrogen (secondary N) is 3. The minimum absolute atomic E-state index is 0.0806. The summed E-state index contributed by atoms with van der Waals surface area (Å²) in [5.74, 6) is -5.90. The van der Waals surface area contributed by atoms with Crippen LogP contribution in [0.15, 0.2) is 0 Å². The third kappa shape index (κ3) is 11.5. The Balaban J connectivity index is 5.23. The summed E-state index contributed by atoms with van der Waals surface area (Å²) in [5, 5.41) is 34.0. The molecule has 32 heavy (non-hydrogen) atoms. The minimum atomic E-state index is -1.51. The zero-order valence-corrected chi connectivity index (χ0v) is 18.2. The molecule has 0 aromatic heterocycles. The van der Waals surface area contributed by atoms with E-state index in [1.54, 1.807) is 6.26 Å². The topological polar surface area (TPSA) is 251 Å². The Morgan fingerprint density at radius 2 is 1.41 bits per heavy atom. The van der Waals surface area contributed by atoms with E-state index in [1.807, 2.05) is 0 Å². The number of amides is 4. The van der Waals surface area contributed by atoms with Crippen molar-refractivity contribution in [2.45, 2.75) is 49.9 Å². The number of carbonyl (C=O) groups is 6. The Bertz CT molecular complexity index is 706. The lowest BCUT2D eigenvalue weighted by atomic mass is 10.1. The predicted octanol–water partition coefficient (Wildman–Crippen LogP) is -3.66. The average molecular weight is 480 g/mol. The number of aliphatic carboxylic acids is 2. The molecule has 0 radical (unpaired) electrons. The molecule has 182 valence electrons. The summed E-state index contributed by atoms with van der Waals surface area (Å²) < 4.78 is 0. The number of carboxylic acid groups (broad SMARTS) is 2. The highest BCUT2D eigenvalue weighted by Gasteiger charge is 2.30. The van der Waals surface area contributed by atoms with Gasteiger partial charge < -0.3 is 42.7 Å². The van der Waals surface area contributed by atoms with Gasteiger partial charge in [0.1, 0.15) is 18.1 Å². The first-order chi connectivity index (χ1) is 14.9. The van der Waals surface area contributed by atoms with Crippen molar-refractivity contribution in [3.05, 3.63) is 0 Å². The van der Waals surface area contributed by atoms with Gasteiger partial charge in [0.25, 0.3) is 0 Å². The van der Waals surface area contributed by atoms with E-state index in [9.17, 15) is 39.0 Å². The molecular weight excluding hydrogens is 450 g/mol. The highest BCUT2D eigenvalue weighted by atomic mass is 32.2. The summed E-state index contributed by atoms with van der Waals surface area (Å²) in [4.78, 5) is 69.8. The van der Waals surface area contributed by atoms with Crippen LogP contribution in [0.5, 0.6) is 0 Å². The normalized spacial score (nSPS) is 14.3. The number of aliphatic hydroxyl groups excluding tert-OH is 1. The maximum Gasteiger partial charge on any atom is 0.326 e. The second-order valence-corrected chi connectivity index (χ2v) is 7.68. The highest BCUT2D eigenvalue weighted by Crippen LogP contribution is 2.05. The number of aliphatic hydroxyl groups is 1. The molecule has 4 unspecified atom stereocenters. The van der Waals surface area contributed by atoms with Gasteiger partial charge in [-0.05, 0) is 24.9 Å². The monoisotopic (exact) mass is 479 g/mol. The number of carboxylic acids is 2. The van der Waals surface area contributed by atoms with Gasteiger partial charge in [0, 0.05) is 6.42 Å². The largest absolute Gasteiger partial charge is 0.481 e. The zero-order chi connectivity index (χ0) is 24.8. The molecular formula is C17H29N5O9S. The number of hydrogen-bond donors (Lipinski definition) is 8. The number of thioether (sulfide) groups is 1. The first kappa shape index (κ1) is 29.1. The molecule has 0 aromatic carbocycles. The molecule has 15 heteroatoms. The lowest BCUT2D eigenvalue weighted by Gasteiger charge is -2.24. The Kier molecular flexibility index (Phi) is 13.6. The molecule has 0 spiro atoms. The van der Waals surface area contributed by atoms with Crippen molar-refractivity contribution in [1.29, 1.82) is 0 Å². The van der Waals surface area contributed by atoms with Crippen LogP contribution in [0, 0.1) is 0 Å². The van der Waals surface area contributed by atoms with Crippen LogP contribution in [0.25, 0.3) is 0 Å². The molecule has 0 fully saturated rings. The second kappa shape index (κ2) is 15.0. The maximum absolute atomic E-state index is 12.5. The van der Waals surface area contributed by atoms with Crippen LogP contribution in [-0.4, -0.2) is 93.7 Å².